The van der Waals surface area contributed by atoms with Gasteiger partial charge < -0.3 is 20.3 Å². The molecule has 3 amide bonds. The average molecular weight is 287 g/mol. The van der Waals surface area contributed by atoms with E-state index in [0.717, 1.165) is 6.42 Å². The van der Waals surface area contributed by atoms with Gasteiger partial charge in [-0.3, -0.25) is 0 Å². The summed E-state index contributed by atoms with van der Waals surface area (Å²) in [6.07, 6.45) is 0.911. The van der Waals surface area contributed by atoms with Crippen LogP contribution >= 0.6 is 0 Å². The van der Waals surface area contributed by atoms with Crippen molar-refractivity contribution in [1.82, 2.24) is 15.5 Å². The minimum atomic E-state index is -0.394. The fourth-order valence-electron chi connectivity index (χ4n) is 1.53. The van der Waals surface area contributed by atoms with Gasteiger partial charge in [-0.1, -0.05) is 0 Å². The van der Waals surface area contributed by atoms with Gasteiger partial charge in [0.25, 0.3) is 0 Å². The van der Waals surface area contributed by atoms with Crippen LogP contribution in [0.15, 0.2) is 0 Å². The van der Waals surface area contributed by atoms with Gasteiger partial charge in [-0.05, 0) is 47.5 Å². The molecule has 0 aliphatic rings. The molecule has 20 heavy (non-hydrogen) atoms. The highest BCUT2D eigenvalue weighted by Crippen LogP contribution is 2.05. The van der Waals surface area contributed by atoms with E-state index in [1.54, 1.807) is 11.9 Å². The number of hydrogen-bond donors (Lipinski definition) is 2. The highest BCUT2D eigenvalue weighted by atomic mass is 16.6. The van der Waals surface area contributed by atoms with E-state index < -0.39 is 6.09 Å². The lowest BCUT2D eigenvalue weighted by Gasteiger charge is -2.21. The first-order valence-electron chi connectivity index (χ1n) is 7.25. The maximum absolute atomic E-state index is 11.6. The van der Waals surface area contributed by atoms with Crippen molar-refractivity contribution in [1.29, 1.82) is 0 Å². The molecule has 0 saturated carbocycles. The van der Waals surface area contributed by atoms with E-state index in [-0.39, 0.29) is 24.2 Å². The maximum Gasteiger partial charge on any atom is 0.407 e. The molecule has 0 spiro atoms. The molecule has 0 aromatic rings. The lowest BCUT2D eigenvalue weighted by Crippen LogP contribution is -2.42. The largest absolute Gasteiger partial charge is 0.447 e. The number of rotatable bonds is 7. The van der Waals surface area contributed by atoms with E-state index in [1.165, 1.54) is 0 Å². The van der Waals surface area contributed by atoms with Gasteiger partial charge in [0, 0.05) is 25.7 Å². The van der Waals surface area contributed by atoms with Crippen molar-refractivity contribution in [2.24, 2.45) is 0 Å². The lowest BCUT2D eigenvalue weighted by molar-refractivity contribution is 0.0974. The molecular formula is C14H29N3O3. The molecule has 0 rings (SSSR count). The molecule has 0 bridgehead atoms. The molecule has 0 saturated heterocycles. The van der Waals surface area contributed by atoms with E-state index in [9.17, 15) is 9.59 Å². The summed E-state index contributed by atoms with van der Waals surface area (Å²) in [6.45, 7) is 10.2. The van der Waals surface area contributed by atoms with Crippen LogP contribution in [-0.2, 0) is 4.74 Å². The summed E-state index contributed by atoms with van der Waals surface area (Å²) < 4.78 is 5.21. The molecule has 118 valence electrons. The van der Waals surface area contributed by atoms with Crippen LogP contribution in [0.3, 0.4) is 0 Å². The van der Waals surface area contributed by atoms with Gasteiger partial charge in [0.05, 0.1) is 0 Å². The summed E-state index contributed by atoms with van der Waals surface area (Å²) >= 11 is 0. The molecule has 6 nitrogen and oxygen atoms in total. The van der Waals surface area contributed by atoms with Crippen molar-refractivity contribution in [3.05, 3.63) is 0 Å². The number of hydrogen-bond acceptors (Lipinski definition) is 3. The van der Waals surface area contributed by atoms with Gasteiger partial charge in [-0.2, -0.15) is 0 Å². The topological polar surface area (TPSA) is 70.7 Å². The van der Waals surface area contributed by atoms with Crippen LogP contribution in [0.4, 0.5) is 9.59 Å². The third-order valence-corrected chi connectivity index (χ3v) is 2.91. The van der Waals surface area contributed by atoms with Gasteiger partial charge >= 0.3 is 12.1 Å². The molecule has 1 unspecified atom stereocenters. The fourth-order valence-corrected chi connectivity index (χ4v) is 1.53. The van der Waals surface area contributed by atoms with Crippen LogP contribution in [-0.4, -0.2) is 48.8 Å². The molecule has 0 aromatic heterocycles. The molecule has 0 radical (unpaired) electrons. The summed E-state index contributed by atoms with van der Waals surface area (Å²) in [6, 6.07) is 0.0410. The zero-order valence-electron chi connectivity index (χ0n) is 13.5. The smallest absolute Gasteiger partial charge is 0.407 e. The third kappa shape index (κ3) is 8.61. The Balaban J connectivity index is 3.91. The van der Waals surface area contributed by atoms with E-state index >= 15 is 0 Å². The standard InChI is InChI=1S/C14H29N3O3/c1-7-17(6)13(18)16-11(4)8-9-12(5)20-14(19)15-10(2)3/h10-12H,7-9H2,1-6H3,(H,15,19)(H,16,18)/t11-,12?/m1/s1. The summed E-state index contributed by atoms with van der Waals surface area (Å²) in [7, 11) is 1.75. The van der Waals surface area contributed by atoms with Gasteiger partial charge in [0.1, 0.15) is 6.10 Å². The summed E-state index contributed by atoms with van der Waals surface area (Å²) in [4.78, 5) is 24.7. The van der Waals surface area contributed by atoms with Crippen molar-refractivity contribution in [3.8, 4) is 0 Å². The van der Waals surface area contributed by atoms with Crippen LogP contribution in [0.1, 0.15) is 47.5 Å². The first-order chi connectivity index (χ1) is 9.26. The minimum absolute atomic E-state index is 0.0516. The van der Waals surface area contributed by atoms with Crippen LogP contribution < -0.4 is 10.6 Å². The predicted molar refractivity (Wildman–Crippen MR) is 79.7 cm³/mol. The molecule has 0 aliphatic heterocycles. The Morgan fingerprint density at radius 2 is 1.70 bits per heavy atom. The van der Waals surface area contributed by atoms with Gasteiger partial charge in [0.2, 0.25) is 0 Å². The second-order valence-corrected chi connectivity index (χ2v) is 5.46. The second-order valence-electron chi connectivity index (χ2n) is 5.46. The Hall–Kier alpha value is -1.46. The summed E-state index contributed by atoms with van der Waals surface area (Å²) in [5.41, 5.74) is 0. The predicted octanol–water partition coefficient (Wildman–Crippen LogP) is 2.34. The molecule has 0 aromatic carbocycles. The Labute approximate surface area is 122 Å². The first-order valence-corrected chi connectivity index (χ1v) is 7.25. The molecule has 0 fully saturated rings. The Kier molecular flexibility index (Phi) is 8.76. The number of carbonyl (C=O) groups is 2. The number of ether oxygens (including phenoxy) is 1. The van der Waals surface area contributed by atoms with Gasteiger partial charge in [-0.25, -0.2) is 9.59 Å². The number of amides is 3. The van der Waals surface area contributed by atoms with E-state index in [2.05, 4.69) is 10.6 Å². The normalized spacial score (nSPS) is 13.6. The summed E-state index contributed by atoms with van der Waals surface area (Å²) in [5, 5.41) is 5.58. The molecule has 2 atom stereocenters. The summed E-state index contributed by atoms with van der Waals surface area (Å²) in [5.74, 6) is 0. The minimum Gasteiger partial charge on any atom is -0.447 e. The number of nitrogens with zero attached hydrogens (tertiary/aromatic N) is 1. The number of carbonyl (C=O) groups excluding carboxylic acids is 2. The van der Waals surface area contributed by atoms with Crippen molar-refractivity contribution in [2.45, 2.75) is 65.6 Å². The van der Waals surface area contributed by atoms with Crippen LogP contribution in [0, 0.1) is 0 Å². The van der Waals surface area contributed by atoms with Crippen LogP contribution in [0.25, 0.3) is 0 Å². The van der Waals surface area contributed by atoms with E-state index in [0.29, 0.717) is 13.0 Å². The third-order valence-electron chi connectivity index (χ3n) is 2.91. The highest BCUT2D eigenvalue weighted by molar-refractivity contribution is 5.74. The quantitative estimate of drug-likeness (QED) is 0.755. The zero-order chi connectivity index (χ0) is 15.7. The van der Waals surface area contributed by atoms with Gasteiger partial charge in [0.15, 0.2) is 0 Å². The van der Waals surface area contributed by atoms with E-state index in [1.807, 2.05) is 34.6 Å². The van der Waals surface area contributed by atoms with Crippen molar-refractivity contribution in [3.63, 3.8) is 0 Å². The Bertz CT molecular complexity index is 308. The highest BCUT2D eigenvalue weighted by Gasteiger charge is 2.14. The SMILES string of the molecule is CCN(C)C(=O)N[C@H](C)CCC(C)OC(=O)NC(C)C. The monoisotopic (exact) mass is 287 g/mol. The first kappa shape index (κ1) is 18.5. The van der Waals surface area contributed by atoms with Gasteiger partial charge in [-0.15, -0.1) is 0 Å². The maximum atomic E-state index is 11.6. The average Bonchev–Trinajstić information content (AvgIpc) is 2.34. The van der Waals surface area contributed by atoms with Crippen molar-refractivity contribution >= 4 is 12.1 Å². The number of alkyl carbamates (subject to hydrolysis) is 1. The Morgan fingerprint density at radius 1 is 1.10 bits per heavy atom. The van der Waals surface area contributed by atoms with Crippen molar-refractivity contribution < 1.29 is 14.3 Å². The molecule has 0 aliphatic carbocycles. The fraction of sp³-hybridized carbons (Fsp3) is 0.857. The Morgan fingerprint density at radius 3 is 2.20 bits per heavy atom. The molecule has 0 heterocycles. The van der Waals surface area contributed by atoms with Crippen molar-refractivity contribution in [2.75, 3.05) is 13.6 Å². The molecule has 6 heteroatoms. The van der Waals surface area contributed by atoms with Crippen LogP contribution in [0.5, 0.6) is 0 Å². The molecule has 2 N–H and O–H groups in total. The number of urea groups is 1. The van der Waals surface area contributed by atoms with Crippen LogP contribution in [0.2, 0.25) is 0 Å². The van der Waals surface area contributed by atoms with E-state index in [4.69, 9.17) is 4.74 Å². The second kappa shape index (κ2) is 9.44. The zero-order valence-corrected chi connectivity index (χ0v) is 13.5. The number of nitrogens with one attached hydrogen (secondary N) is 2. The molecular weight excluding hydrogens is 258 g/mol. The lowest BCUT2D eigenvalue weighted by atomic mass is 10.1.